The van der Waals surface area contributed by atoms with Crippen LogP contribution in [0.1, 0.15) is 15.9 Å². The van der Waals surface area contributed by atoms with E-state index in [2.05, 4.69) is 25.2 Å². The van der Waals surface area contributed by atoms with Crippen molar-refractivity contribution < 1.29 is 9.18 Å². The zero-order chi connectivity index (χ0) is 21.8. The van der Waals surface area contributed by atoms with Crippen LogP contribution in [0.4, 0.5) is 22.0 Å². The molecule has 4 rings (SSSR count). The van der Waals surface area contributed by atoms with Crippen molar-refractivity contribution in [3.8, 4) is 0 Å². The van der Waals surface area contributed by atoms with Crippen molar-refractivity contribution in [1.29, 1.82) is 0 Å². The van der Waals surface area contributed by atoms with Crippen molar-refractivity contribution in [2.75, 3.05) is 41.7 Å². The number of aromatic nitrogens is 3. The van der Waals surface area contributed by atoms with Crippen LogP contribution in [0.2, 0.25) is 5.02 Å². The van der Waals surface area contributed by atoms with E-state index in [4.69, 9.17) is 17.3 Å². The number of hydrogen-bond acceptors (Lipinski definition) is 7. The first-order valence-electron chi connectivity index (χ1n) is 9.77. The summed E-state index contributed by atoms with van der Waals surface area (Å²) in [5.41, 5.74) is 6.88. The Labute approximate surface area is 183 Å². The highest BCUT2D eigenvalue weighted by Crippen LogP contribution is 2.19. The molecule has 1 fully saturated rings. The van der Waals surface area contributed by atoms with Crippen molar-refractivity contribution in [3.63, 3.8) is 0 Å². The number of carbonyl (C=O) groups is 1. The topological polar surface area (TPSA) is 100 Å². The summed E-state index contributed by atoms with van der Waals surface area (Å²) in [6.45, 7) is 3.17. The molecule has 0 radical (unpaired) electrons. The molecule has 2 aromatic heterocycles. The van der Waals surface area contributed by atoms with E-state index in [1.807, 2.05) is 23.1 Å². The Morgan fingerprint density at radius 2 is 1.90 bits per heavy atom. The van der Waals surface area contributed by atoms with Gasteiger partial charge in [-0.2, -0.15) is 4.98 Å². The number of halogens is 2. The van der Waals surface area contributed by atoms with Gasteiger partial charge in [0.2, 0.25) is 5.95 Å². The minimum Gasteiger partial charge on any atom is -0.383 e. The summed E-state index contributed by atoms with van der Waals surface area (Å²) in [7, 11) is 0. The molecule has 1 saturated heterocycles. The number of piperazine rings is 1. The summed E-state index contributed by atoms with van der Waals surface area (Å²) in [5, 5.41) is 2.72. The third-order valence-electron chi connectivity index (χ3n) is 5.02. The summed E-state index contributed by atoms with van der Waals surface area (Å²) in [5.74, 6) is 0.610. The number of amides is 1. The average Bonchev–Trinajstić information content (AvgIpc) is 2.80. The Bertz CT molecular complexity index is 1070. The van der Waals surface area contributed by atoms with Crippen molar-refractivity contribution >= 4 is 35.1 Å². The first-order chi connectivity index (χ1) is 15.0. The molecule has 1 aliphatic rings. The molecular formula is C21H21ClFN7O. The minimum absolute atomic E-state index is 0.00194. The number of carbonyl (C=O) groups excluding carboxylic acids is 1. The molecule has 1 amide bonds. The van der Waals surface area contributed by atoms with E-state index < -0.39 is 11.7 Å². The fourth-order valence-electron chi connectivity index (χ4n) is 3.32. The van der Waals surface area contributed by atoms with Gasteiger partial charge in [-0.15, -0.1) is 0 Å². The van der Waals surface area contributed by atoms with Crippen LogP contribution in [-0.4, -0.2) is 47.0 Å². The fourth-order valence-corrected chi connectivity index (χ4v) is 3.52. The van der Waals surface area contributed by atoms with Crippen LogP contribution in [-0.2, 0) is 6.54 Å². The number of nitrogens with zero attached hydrogens (tertiary/aromatic N) is 5. The van der Waals surface area contributed by atoms with E-state index in [9.17, 15) is 9.18 Å². The predicted molar refractivity (Wildman–Crippen MR) is 118 cm³/mol. The summed E-state index contributed by atoms with van der Waals surface area (Å²) in [4.78, 5) is 29.7. The maximum absolute atomic E-state index is 13.3. The smallest absolute Gasteiger partial charge is 0.256 e. The molecule has 8 nitrogen and oxygen atoms in total. The second kappa shape index (κ2) is 9.13. The number of nitrogens with one attached hydrogen (secondary N) is 1. The Morgan fingerprint density at radius 1 is 1.13 bits per heavy atom. The van der Waals surface area contributed by atoms with E-state index in [-0.39, 0.29) is 22.9 Å². The number of anilines is 3. The highest BCUT2D eigenvalue weighted by Gasteiger charge is 2.21. The minimum atomic E-state index is -0.508. The Morgan fingerprint density at radius 3 is 2.58 bits per heavy atom. The Balaban J connectivity index is 1.36. The third kappa shape index (κ3) is 4.83. The molecule has 3 aromatic rings. The largest absolute Gasteiger partial charge is 0.383 e. The number of nitrogens with two attached hydrogens (primary N) is 1. The highest BCUT2D eigenvalue weighted by atomic mass is 35.5. The van der Waals surface area contributed by atoms with E-state index in [0.29, 0.717) is 24.6 Å². The molecule has 3 heterocycles. The normalized spacial score (nSPS) is 13.9. The van der Waals surface area contributed by atoms with Gasteiger partial charge in [0.1, 0.15) is 17.5 Å². The quantitative estimate of drug-likeness (QED) is 0.627. The average molecular weight is 442 g/mol. The van der Waals surface area contributed by atoms with Crippen LogP contribution in [0.5, 0.6) is 0 Å². The third-order valence-corrected chi connectivity index (χ3v) is 5.31. The first-order valence-corrected chi connectivity index (χ1v) is 10.1. The van der Waals surface area contributed by atoms with Crippen LogP contribution in [0.3, 0.4) is 0 Å². The van der Waals surface area contributed by atoms with Crippen molar-refractivity contribution in [2.45, 2.75) is 6.54 Å². The van der Waals surface area contributed by atoms with Crippen molar-refractivity contribution in [2.24, 2.45) is 0 Å². The molecule has 31 heavy (non-hydrogen) atoms. The zero-order valence-electron chi connectivity index (χ0n) is 16.6. The predicted octanol–water partition coefficient (Wildman–Crippen LogP) is 2.50. The lowest BCUT2D eigenvalue weighted by atomic mass is 10.2. The van der Waals surface area contributed by atoms with Crippen LogP contribution < -0.4 is 20.9 Å². The van der Waals surface area contributed by atoms with Gasteiger partial charge in [0.05, 0.1) is 10.6 Å². The molecule has 1 aliphatic heterocycles. The molecule has 0 spiro atoms. The molecule has 0 bridgehead atoms. The van der Waals surface area contributed by atoms with Crippen LogP contribution >= 0.6 is 11.6 Å². The molecule has 160 valence electrons. The molecule has 1 aromatic carbocycles. The van der Waals surface area contributed by atoms with E-state index >= 15 is 0 Å². The molecule has 0 saturated carbocycles. The number of pyridine rings is 1. The molecule has 0 unspecified atom stereocenters. The molecule has 0 aliphatic carbocycles. The lowest BCUT2D eigenvalue weighted by Crippen LogP contribution is -2.47. The number of benzene rings is 1. The van der Waals surface area contributed by atoms with Gasteiger partial charge in [0.25, 0.3) is 5.91 Å². The van der Waals surface area contributed by atoms with Gasteiger partial charge in [0, 0.05) is 45.1 Å². The van der Waals surface area contributed by atoms with Crippen LogP contribution in [0, 0.1) is 5.82 Å². The van der Waals surface area contributed by atoms with Crippen LogP contribution in [0.25, 0.3) is 0 Å². The number of rotatable bonds is 5. The number of hydrogen-bond donors (Lipinski definition) is 2. The molecular weight excluding hydrogens is 421 g/mol. The van der Waals surface area contributed by atoms with Crippen LogP contribution in [0.15, 0.2) is 48.8 Å². The Kier molecular flexibility index (Phi) is 6.13. The summed E-state index contributed by atoms with van der Waals surface area (Å²) in [6, 6.07) is 10.1. The standard InChI is InChI=1S/C21H21ClFN7O/c22-16-11-14(4-5-17(16)23)12-26-20(31)15-13-27-21(28-19(15)24)30-9-7-29(8-10-30)18-3-1-2-6-25-18/h1-6,11,13H,7-10,12H2,(H,26,31)(H2,24,27,28). The summed E-state index contributed by atoms with van der Waals surface area (Å²) < 4.78 is 13.3. The zero-order valence-corrected chi connectivity index (χ0v) is 17.4. The van der Waals surface area contributed by atoms with Gasteiger partial charge in [-0.25, -0.2) is 14.4 Å². The molecule has 3 N–H and O–H groups in total. The van der Waals surface area contributed by atoms with Crippen molar-refractivity contribution in [1.82, 2.24) is 20.3 Å². The van der Waals surface area contributed by atoms with E-state index in [0.717, 1.165) is 18.9 Å². The van der Waals surface area contributed by atoms with Gasteiger partial charge in [0.15, 0.2) is 0 Å². The highest BCUT2D eigenvalue weighted by molar-refractivity contribution is 6.30. The van der Waals surface area contributed by atoms with Gasteiger partial charge in [-0.1, -0.05) is 23.7 Å². The van der Waals surface area contributed by atoms with E-state index in [1.54, 1.807) is 12.3 Å². The van der Waals surface area contributed by atoms with Gasteiger partial charge < -0.3 is 20.9 Å². The lowest BCUT2D eigenvalue weighted by molar-refractivity contribution is 0.0951. The molecule has 10 heteroatoms. The van der Waals surface area contributed by atoms with Gasteiger partial charge >= 0.3 is 0 Å². The number of nitrogen functional groups attached to an aromatic ring is 1. The maximum Gasteiger partial charge on any atom is 0.256 e. The first kappa shape index (κ1) is 20.8. The van der Waals surface area contributed by atoms with Crippen molar-refractivity contribution in [3.05, 3.63) is 70.8 Å². The fraction of sp³-hybridized carbons (Fsp3) is 0.238. The van der Waals surface area contributed by atoms with E-state index in [1.165, 1.54) is 18.3 Å². The Hall–Kier alpha value is -3.46. The maximum atomic E-state index is 13.3. The monoisotopic (exact) mass is 441 g/mol. The van der Waals surface area contributed by atoms with Gasteiger partial charge in [-0.05, 0) is 29.8 Å². The second-order valence-corrected chi connectivity index (χ2v) is 7.47. The lowest BCUT2D eigenvalue weighted by Gasteiger charge is -2.35. The van der Waals surface area contributed by atoms with Gasteiger partial charge in [-0.3, -0.25) is 4.79 Å². The summed E-state index contributed by atoms with van der Waals surface area (Å²) >= 11 is 5.77. The summed E-state index contributed by atoms with van der Waals surface area (Å²) in [6.07, 6.45) is 3.20. The second-order valence-electron chi connectivity index (χ2n) is 7.06. The molecule has 0 atom stereocenters. The SMILES string of the molecule is Nc1nc(N2CCN(c3ccccn3)CC2)ncc1C(=O)NCc1ccc(F)c(Cl)c1.